The van der Waals surface area contributed by atoms with E-state index in [0.29, 0.717) is 6.54 Å². The smallest absolute Gasteiger partial charge is 0.328 e. The van der Waals surface area contributed by atoms with Crippen molar-refractivity contribution in [1.29, 1.82) is 0 Å². The number of nitrogens with one attached hydrogen (secondary N) is 1. The Morgan fingerprint density at radius 3 is 3.00 bits per heavy atom. The largest absolute Gasteiger partial charge is 0.478 e. The molecule has 2 aromatic rings. The third-order valence-electron chi connectivity index (χ3n) is 2.62. The molecule has 1 aromatic carbocycles. The van der Waals surface area contributed by atoms with Crippen LogP contribution in [-0.4, -0.2) is 29.7 Å². The van der Waals surface area contributed by atoms with Crippen molar-refractivity contribution in [3.8, 4) is 0 Å². The fourth-order valence-electron chi connectivity index (χ4n) is 1.78. The van der Waals surface area contributed by atoms with Gasteiger partial charge < -0.3 is 15.0 Å². The van der Waals surface area contributed by atoms with E-state index in [1.165, 1.54) is 0 Å². The van der Waals surface area contributed by atoms with Crippen LogP contribution in [0.3, 0.4) is 0 Å². The number of likely N-dealkylation sites (N-methyl/N-ethyl adjacent to an activating group) is 1. The van der Waals surface area contributed by atoms with Crippen LogP contribution in [0.5, 0.6) is 0 Å². The fraction of sp³-hybridized carbons (Fsp3) is 0.154. The highest BCUT2D eigenvalue weighted by Crippen LogP contribution is 2.25. The van der Waals surface area contributed by atoms with Crippen LogP contribution in [0.15, 0.2) is 42.6 Å². The minimum Gasteiger partial charge on any atom is -0.478 e. The molecule has 17 heavy (non-hydrogen) atoms. The van der Waals surface area contributed by atoms with E-state index in [1.807, 2.05) is 42.4 Å². The van der Waals surface area contributed by atoms with Gasteiger partial charge in [-0.2, -0.15) is 0 Å². The highest BCUT2D eigenvalue weighted by molar-refractivity contribution is 5.92. The third kappa shape index (κ3) is 2.47. The number of aromatic nitrogens is 1. The number of H-pyrrole nitrogens is 1. The number of nitrogens with zero attached hydrogens (tertiary/aromatic N) is 1. The Bertz CT molecular complexity index is 557. The summed E-state index contributed by atoms with van der Waals surface area (Å²) < 4.78 is 0. The van der Waals surface area contributed by atoms with Crippen LogP contribution in [0, 0.1) is 0 Å². The van der Waals surface area contributed by atoms with E-state index >= 15 is 0 Å². The van der Waals surface area contributed by atoms with E-state index < -0.39 is 5.97 Å². The molecule has 4 heteroatoms. The Labute approximate surface area is 99.2 Å². The molecular formula is C13H14N2O2. The normalized spacial score (nSPS) is 11.1. The summed E-state index contributed by atoms with van der Waals surface area (Å²) in [5.74, 6) is -0.919. The molecular weight excluding hydrogens is 216 g/mol. The van der Waals surface area contributed by atoms with Crippen molar-refractivity contribution < 1.29 is 9.90 Å². The van der Waals surface area contributed by atoms with Gasteiger partial charge in [0.2, 0.25) is 0 Å². The van der Waals surface area contributed by atoms with Gasteiger partial charge in [0.05, 0.1) is 5.69 Å². The van der Waals surface area contributed by atoms with Crippen molar-refractivity contribution >= 4 is 22.6 Å². The lowest BCUT2D eigenvalue weighted by atomic mass is 10.2. The molecule has 0 spiro atoms. The standard InChI is InChI=1S/C13H14N2O2/c1-15(8-4-7-13(16)17)12-9-14-11-6-3-2-5-10(11)12/h2-7,9,14H,8H2,1H3,(H,16,17)/b7-4+. The molecule has 0 atom stereocenters. The van der Waals surface area contributed by atoms with Gasteiger partial charge in [-0.3, -0.25) is 0 Å². The van der Waals surface area contributed by atoms with Gasteiger partial charge in [0.15, 0.2) is 0 Å². The predicted molar refractivity (Wildman–Crippen MR) is 68.3 cm³/mol. The van der Waals surface area contributed by atoms with Crippen molar-refractivity contribution in [3.05, 3.63) is 42.6 Å². The summed E-state index contributed by atoms with van der Waals surface area (Å²) in [6.07, 6.45) is 4.72. The van der Waals surface area contributed by atoms with Crippen molar-refractivity contribution in [3.63, 3.8) is 0 Å². The predicted octanol–water partition coefficient (Wildman–Crippen LogP) is 2.24. The molecule has 1 heterocycles. The van der Waals surface area contributed by atoms with Gasteiger partial charge in [0.1, 0.15) is 0 Å². The molecule has 0 unspecified atom stereocenters. The van der Waals surface area contributed by atoms with Gasteiger partial charge >= 0.3 is 5.97 Å². The zero-order chi connectivity index (χ0) is 12.3. The molecule has 0 aliphatic rings. The lowest BCUT2D eigenvalue weighted by molar-refractivity contribution is -0.131. The molecule has 0 fully saturated rings. The van der Waals surface area contributed by atoms with Gasteiger partial charge in [0, 0.05) is 36.8 Å². The summed E-state index contributed by atoms with van der Waals surface area (Å²) in [5.41, 5.74) is 2.15. The molecule has 88 valence electrons. The highest BCUT2D eigenvalue weighted by atomic mass is 16.4. The van der Waals surface area contributed by atoms with E-state index in [4.69, 9.17) is 5.11 Å². The van der Waals surface area contributed by atoms with Crippen molar-refractivity contribution in [2.24, 2.45) is 0 Å². The number of para-hydroxylation sites is 1. The van der Waals surface area contributed by atoms with Crippen LogP contribution in [0.2, 0.25) is 0 Å². The number of aliphatic carboxylic acids is 1. The highest BCUT2D eigenvalue weighted by Gasteiger charge is 2.05. The third-order valence-corrected chi connectivity index (χ3v) is 2.62. The molecule has 2 rings (SSSR count). The number of carbonyl (C=O) groups is 1. The number of carboxylic acid groups (broad SMARTS) is 1. The first-order valence-electron chi connectivity index (χ1n) is 5.35. The molecule has 0 aliphatic heterocycles. The Kier molecular flexibility index (Phi) is 3.14. The molecule has 0 radical (unpaired) electrons. The van der Waals surface area contributed by atoms with Gasteiger partial charge in [-0.25, -0.2) is 4.79 Å². The summed E-state index contributed by atoms with van der Waals surface area (Å²) in [6.45, 7) is 0.564. The SMILES string of the molecule is CN(C/C=C/C(=O)O)c1c[nH]c2ccccc12. The van der Waals surface area contributed by atoms with E-state index in [1.54, 1.807) is 6.08 Å². The summed E-state index contributed by atoms with van der Waals surface area (Å²) >= 11 is 0. The van der Waals surface area contributed by atoms with Crippen molar-refractivity contribution in [2.45, 2.75) is 0 Å². The Balaban J connectivity index is 2.19. The second-order valence-corrected chi connectivity index (χ2v) is 3.84. The number of carboxylic acids is 1. The quantitative estimate of drug-likeness (QED) is 0.792. The molecule has 0 saturated heterocycles. The maximum absolute atomic E-state index is 10.4. The monoisotopic (exact) mass is 230 g/mol. The number of rotatable bonds is 4. The van der Waals surface area contributed by atoms with Gasteiger partial charge in [-0.05, 0) is 6.07 Å². The molecule has 0 amide bonds. The van der Waals surface area contributed by atoms with E-state index in [0.717, 1.165) is 22.7 Å². The Hall–Kier alpha value is -2.23. The number of hydrogen-bond acceptors (Lipinski definition) is 2. The summed E-state index contributed by atoms with van der Waals surface area (Å²) in [6, 6.07) is 8.02. The molecule has 0 saturated carbocycles. The zero-order valence-corrected chi connectivity index (χ0v) is 9.55. The maximum atomic E-state index is 10.4. The molecule has 2 N–H and O–H groups in total. The zero-order valence-electron chi connectivity index (χ0n) is 9.55. The van der Waals surface area contributed by atoms with Crippen LogP contribution in [0.4, 0.5) is 5.69 Å². The Morgan fingerprint density at radius 1 is 1.47 bits per heavy atom. The van der Waals surface area contributed by atoms with E-state index in [-0.39, 0.29) is 0 Å². The van der Waals surface area contributed by atoms with Gasteiger partial charge in [-0.1, -0.05) is 24.3 Å². The van der Waals surface area contributed by atoms with Crippen LogP contribution < -0.4 is 4.90 Å². The van der Waals surface area contributed by atoms with Crippen LogP contribution >= 0.6 is 0 Å². The van der Waals surface area contributed by atoms with Crippen LogP contribution in [-0.2, 0) is 4.79 Å². The minimum absolute atomic E-state index is 0.564. The first-order chi connectivity index (χ1) is 8.18. The number of anilines is 1. The van der Waals surface area contributed by atoms with Crippen LogP contribution in [0.25, 0.3) is 10.9 Å². The molecule has 0 aliphatic carbocycles. The summed E-state index contributed by atoms with van der Waals surface area (Å²) in [4.78, 5) is 15.6. The first kappa shape index (κ1) is 11.3. The van der Waals surface area contributed by atoms with E-state index in [9.17, 15) is 4.79 Å². The minimum atomic E-state index is -0.919. The fourth-order valence-corrected chi connectivity index (χ4v) is 1.78. The van der Waals surface area contributed by atoms with Gasteiger partial charge in [-0.15, -0.1) is 0 Å². The van der Waals surface area contributed by atoms with Crippen molar-refractivity contribution in [2.75, 3.05) is 18.5 Å². The summed E-state index contributed by atoms with van der Waals surface area (Å²) in [7, 11) is 1.93. The second-order valence-electron chi connectivity index (χ2n) is 3.84. The Morgan fingerprint density at radius 2 is 2.24 bits per heavy atom. The van der Waals surface area contributed by atoms with E-state index in [2.05, 4.69) is 4.98 Å². The summed E-state index contributed by atoms with van der Waals surface area (Å²) in [5, 5.41) is 9.65. The topological polar surface area (TPSA) is 56.3 Å². The number of fused-ring (bicyclic) bond motifs is 1. The number of benzene rings is 1. The first-order valence-corrected chi connectivity index (χ1v) is 5.35. The molecule has 1 aromatic heterocycles. The number of hydrogen-bond donors (Lipinski definition) is 2. The molecule has 0 bridgehead atoms. The lowest BCUT2D eigenvalue weighted by Crippen LogP contribution is -2.16. The lowest BCUT2D eigenvalue weighted by Gasteiger charge is -2.15. The molecule has 4 nitrogen and oxygen atoms in total. The van der Waals surface area contributed by atoms with Gasteiger partial charge in [0.25, 0.3) is 0 Å². The average Bonchev–Trinajstić information content (AvgIpc) is 2.72. The van der Waals surface area contributed by atoms with Crippen LogP contribution in [0.1, 0.15) is 0 Å². The average molecular weight is 230 g/mol. The number of aromatic amines is 1. The maximum Gasteiger partial charge on any atom is 0.328 e. The second kappa shape index (κ2) is 4.74. The van der Waals surface area contributed by atoms with Crippen molar-refractivity contribution in [1.82, 2.24) is 4.98 Å².